The molecular weight excluding hydrogens is 520 g/mol. The Morgan fingerprint density at radius 2 is 1.85 bits per heavy atom. The monoisotopic (exact) mass is 544 g/mol. The molecule has 34 heavy (non-hydrogen) atoms. The van der Waals surface area contributed by atoms with Crippen LogP contribution < -0.4 is 18.9 Å². The predicted octanol–water partition coefficient (Wildman–Crippen LogP) is 5.38. The number of piperidine rings is 1. The summed E-state index contributed by atoms with van der Waals surface area (Å²) in [6, 6.07) is 9.56. The van der Waals surface area contributed by atoms with Crippen LogP contribution in [0.3, 0.4) is 0 Å². The largest absolute Gasteiger partial charge is 0.496 e. The summed E-state index contributed by atoms with van der Waals surface area (Å²) >= 11 is 5.15. The van der Waals surface area contributed by atoms with Crippen molar-refractivity contribution < 1.29 is 23.7 Å². The molecule has 5 rings (SSSR count). The lowest BCUT2D eigenvalue weighted by Gasteiger charge is -2.32. The molecule has 0 radical (unpaired) electrons. The van der Waals surface area contributed by atoms with Gasteiger partial charge in [-0.2, -0.15) is 0 Å². The Labute approximate surface area is 210 Å². The van der Waals surface area contributed by atoms with E-state index in [0.717, 1.165) is 45.1 Å². The van der Waals surface area contributed by atoms with E-state index >= 15 is 0 Å². The van der Waals surface area contributed by atoms with E-state index < -0.39 is 0 Å². The molecule has 3 aromatic rings. The molecule has 2 aromatic carbocycles. The van der Waals surface area contributed by atoms with Gasteiger partial charge in [-0.3, -0.25) is 4.79 Å². The second-order valence-electron chi connectivity index (χ2n) is 8.15. The van der Waals surface area contributed by atoms with Crippen LogP contribution in [-0.4, -0.2) is 56.3 Å². The van der Waals surface area contributed by atoms with Gasteiger partial charge in [0.2, 0.25) is 0 Å². The summed E-state index contributed by atoms with van der Waals surface area (Å²) in [4.78, 5) is 20.2. The number of fused-ring (bicyclic) bond motifs is 1. The molecule has 0 spiro atoms. The Bertz CT molecular complexity index is 1210. The molecule has 0 bridgehead atoms. The van der Waals surface area contributed by atoms with Crippen molar-refractivity contribution in [2.24, 2.45) is 0 Å². The van der Waals surface area contributed by atoms with Gasteiger partial charge in [0.05, 0.1) is 29.4 Å². The molecule has 1 aromatic heterocycles. The van der Waals surface area contributed by atoms with Crippen LogP contribution in [-0.2, 0) is 0 Å². The summed E-state index contributed by atoms with van der Waals surface area (Å²) in [5.41, 5.74) is 2.42. The summed E-state index contributed by atoms with van der Waals surface area (Å²) in [6.45, 7) is 2.45. The first-order valence-electron chi connectivity index (χ1n) is 11.1. The number of carbonyl (C=O) groups is 1. The third-order valence-corrected chi connectivity index (χ3v) is 7.83. The summed E-state index contributed by atoms with van der Waals surface area (Å²) < 4.78 is 23.0. The maximum atomic E-state index is 13.4. The Morgan fingerprint density at radius 3 is 2.59 bits per heavy atom. The highest BCUT2D eigenvalue weighted by Gasteiger charge is 2.30. The smallest absolute Gasteiger partial charge is 0.261 e. The molecule has 178 valence electrons. The number of methoxy groups -OCH3 is 2. The predicted molar refractivity (Wildman–Crippen MR) is 134 cm³/mol. The van der Waals surface area contributed by atoms with Crippen molar-refractivity contribution in [1.29, 1.82) is 0 Å². The maximum Gasteiger partial charge on any atom is 0.261 e. The van der Waals surface area contributed by atoms with E-state index in [0.29, 0.717) is 49.3 Å². The quantitative estimate of drug-likeness (QED) is 0.429. The molecule has 2 aliphatic rings. The van der Waals surface area contributed by atoms with Crippen molar-refractivity contribution in [2.45, 2.75) is 18.8 Å². The molecule has 0 N–H and O–H groups in total. The third-order valence-electron chi connectivity index (χ3n) is 6.20. The number of hydrogen-bond acceptors (Lipinski definition) is 7. The first-order chi connectivity index (χ1) is 16.6. The molecule has 0 atom stereocenters. The van der Waals surface area contributed by atoms with Crippen molar-refractivity contribution >= 4 is 33.2 Å². The van der Waals surface area contributed by atoms with Gasteiger partial charge in [-0.15, -0.1) is 11.3 Å². The Kier molecular flexibility index (Phi) is 6.65. The Balaban J connectivity index is 1.28. The van der Waals surface area contributed by atoms with Crippen LogP contribution in [0.5, 0.6) is 23.0 Å². The summed E-state index contributed by atoms with van der Waals surface area (Å²) in [6.07, 6.45) is 1.72. The van der Waals surface area contributed by atoms with E-state index in [-0.39, 0.29) is 5.91 Å². The van der Waals surface area contributed by atoms with Crippen molar-refractivity contribution in [3.63, 3.8) is 0 Å². The number of ether oxygens (including phenoxy) is 4. The average molecular weight is 545 g/mol. The van der Waals surface area contributed by atoms with Crippen molar-refractivity contribution in [3.8, 4) is 34.3 Å². The lowest BCUT2D eigenvalue weighted by atomic mass is 9.96. The number of aromatic nitrogens is 1. The highest BCUT2D eigenvalue weighted by molar-refractivity contribution is 9.10. The van der Waals surface area contributed by atoms with E-state index in [1.807, 2.05) is 29.2 Å². The zero-order valence-electron chi connectivity index (χ0n) is 19.0. The first kappa shape index (κ1) is 23.0. The summed E-state index contributed by atoms with van der Waals surface area (Å²) in [5, 5.41) is 3.20. The summed E-state index contributed by atoms with van der Waals surface area (Å²) in [7, 11) is 3.12. The number of benzene rings is 2. The van der Waals surface area contributed by atoms with Crippen molar-refractivity contribution in [1.82, 2.24) is 9.88 Å². The number of amides is 1. The molecule has 1 fully saturated rings. The van der Waals surface area contributed by atoms with E-state index in [1.165, 1.54) is 0 Å². The van der Waals surface area contributed by atoms with E-state index in [9.17, 15) is 4.79 Å². The zero-order chi connectivity index (χ0) is 23.7. The van der Waals surface area contributed by atoms with Crippen LogP contribution in [0.25, 0.3) is 11.3 Å². The fraction of sp³-hybridized carbons (Fsp3) is 0.360. The fourth-order valence-corrected chi connectivity index (χ4v) is 5.90. The van der Waals surface area contributed by atoms with Crippen LogP contribution in [0.4, 0.5) is 0 Å². The number of halogens is 1. The zero-order valence-corrected chi connectivity index (χ0v) is 21.4. The second-order valence-corrected chi connectivity index (χ2v) is 9.90. The maximum absolute atomic E-state index is 13.4. The van der Waals surface area contributed by atoms with Crippen LogP contribution in [0, 0.1) is 0 Å². The molecule has 3 heterocycles. The number of hydrogen-bond donors (Lipinski definition) is 0. The van der Waals surface area contributed by atoms with Gasteiger partial charge in [0.15, 0.2) is 11.5 Å². The SMILES string of the molecule is COc1ccc(Br)c(OC)c1C(=O)N1CCC(c2nc(-c3ccc4c(c3)OCCO4)cs2)CC1. The van der Waals surface area contributed by atoms with Gasteiger partial charge in [0.25, 0.3) is 5.91 Å². The molecular formula is C25H25BrN2O5S. The second kappa shape index (κ2) is 9.84. The highest BCUT2D eigenvalue weighted by Crippen LogP contribution is 2.39. The van der Waals surface area contributed by atoms with Crippen molar-refractivity contribution in [2.75, 3.05) is 40.5 Å². The van der Waals surface area contributed by atoms with Crippen molar-refractivity contribution in [3.05, 3.63) is 50.8 Å². The molecule has 9 heteroatoms. The third kappa shape index (κ3) is 4.34. The number of thiazole rings is 1. The molecule has 0 unspecified atom stereocenters. The highest BCUT2D eigenvalue weighted by atomic mass is 79.9. The minimum absolute atomic E-state index is 0.0791. The molecule has 0 saturated carbocycles. The lowest BCUT2D eigenvalue weighted by Crippen LogP contribution is -2.38. The first-order valence-corrected chi connectivity index (χ1v) is 12.8. The van der Waals surface area contributed by atoms with Gasteiger partial charge < -0.3 is 23.8 Å². The minimum atomic E-state index is -0.0791. The normalized spacial score (nSPS) is 15.8. The van der Waals surface area contributed by atoms with Crippen LogP contribution in [0.1, 0.15) is 34.1 Å². The van der Waals surface area contributed by atoms with Crippen LogP contribution in [0.15, 0.2) is 40.2 Å². The standard InChI is InChI=1S/C25H25BrN2O5S/c1-30-20-6-4-17(26)23(31-2)22(20)25(29)28-9-7-15(8-10-28)24-27-18(14-34-24)16-3-5-19-21(13-16)33-12-11-32-19/h3-6,13-15H,7-12H2,1-2H3. The number of carbonyl (C=O) groups excluding carboxylic acids is 1. The lowest BCUT2D eigenvalue weighted by molar-refractivity contribution is 0.0706. The van der Waals surface area contributed by atoms with Crippen LogP contribution >= 0.6 is 27.3 Å². The van der Waals surface area contributed by atoms with E-state index in [1.54, 1.807) is 31.6 Å². The topological polar surface area (TPSA) is 70.1 Å². The minimum Gasteiger partial charge on any atom is -0.496 e. The Hall–Kier alpha value is -2.78. The molecule has 0 aliphatic carbocycles. The van der Waals surface area contributed by atoms with Crippen LogP contribution in [0.2, 0.25) is 0 Å². The van der Waals surface area contributed by atoms with Gasteiger partial charge in [-0.05, 0) is 59.1 Å². The van der Waals surface area contributed by atoms with Gasteiger partial charge in [0, 0.05) is 30.0 Å². The molecule has 1 amide bonds. The van der Waals surface area contributed by atoms with Gasteiger partial charge in [-0.1, -0.05) is 0 Å². The van der Waals surface area contributed by atoms with Gasteiger partial charge in [-0.25, -0.2) is 4.98 Å². The molecule has 2 aliphatic heterocycles. The fourth-order valence-electron chi connectivity index (χ4n) is 4.41. The molecule has 7 nitrogen and oxygen atoms in total. The van der Waals surface area contributed by atoms with Gasteiger partial charge in [0.1, 0.15) is 30.3 Å². The summed E-state index contributed by atoms with van der Waals surface area (Å²) in [5.74, 6) is 2.80. The molecule has 1 saturated heterocycles. The average Bonchev–Trinajstić information content (AvgIpc) is 3.38. The Morgan fingerprint density at radius 1 is 1.09 bits per heavy atom. The van der Waals surface area contributed by atoms with E-state index in [2.05, 4.69) is 21.3 Å². The van der Waals surface area contributed by atoms with Gasteiger partial charge >= 0.3 is 0 Å². The van der Waals surface area contributed by atoms with E-state index in [4.69, 9.17) is 23.9 Å². The number of nitrogens with zero attached hydrogens (tertiary/aromatic N) is 2. The number of likely N-dealkylation sites (tertiary alicyclic amines) is 1. The number of rotatable bonds is 5.